The first kappa shape index (κ1) is 17.5. The maximum Gasteiger partial charge on any atom is 0.228 e. The van der Waals surface area contributed by atoms with Crippen LogP contribution in [-0.2, 0) is 27.0 Å². The van der Waals surface area contributed by atoms with Crippen molar-refractivity contribution in [3.63, 3.8) is 0 Å². The molecular weight excluding hydrogens is 384 g/mol. The number of carbonyl (C=O) groups is 1. The van der Waals surface area contributed by atoms with Crippen LogP contribution in [0, 0.1) is 0 Å². The Balaban J connectivity index is 2.00. The number of halogens is 1. The largest absolute Gasteiger partial charge is 0.508 e. The number of nitrogens with two attached hydrogens (primary N) is 1. The highest BCUT2D eigenvalue weighted by Crippen LogP contribution is 2.23. The van der Waals surface area contributed by atoms with Gasteiger partial charge >= 0.3 is 0 Å². The van der Waals surface area contributed by atoms with E-state index in [0.717, 1.165) is 4.47 Å². The van der Waals surface area contributed by atoms with E-state index in [1.807, 2.05) is 0 Å². The van der Waals surface area contributed by atoms with Crippen molar-refractivity contribution in [2.75, 3.05) is 5.32 Å². The van der Waals surface area contributed by atoms with Gasteiger partial charge in [0.15, 0.2) is 0 Å². The van der Waals surface area contributed by atoms with E-state index >= 15 is 0 Å². The third-order valence-electron chi connectivity index (χ3n) is 3.00. The topological polar surface area (TPSA) is 109 Å². The maximum atomic E-state index is 12.0. The average Bonchev–Trinajstić information content (AvgIpc) is 2.42. The first-order valence-corrected chi connectivity index (χ1v) is 9.10. The molecule has 0 heterocycles. The zero-order valence-corrected chi connectivity index (χ0v) is 14.4. The highest BCUT2D eigenvalue weighted by Gasteiger charge is 2.09. The fraction of sp³-hybridized carbons (Fsp3) is 0.133. The minimum Gasteiger partial charge on any atom is -0.508 e. The number of primary sulfonamides is 1. The van der Waals surface area contributed by atoms with Crippen LogP contribution in [0.3, 0.4) is 0 Å². The molecule has 0 radical (unpaired) electrons. The predicted octanol–water partition coefficient (Wildman–Crippen LogP) is 2.12. The monoisotopic (exact) mass is 398 g/mol. The Morgan fingerprint density at radius 1 is 1.17 bits per heavy atom. The number of hydrogen-bond acceptors (Lipinski definition) is 4. The summed E-state index contributed by atoms with van der Waals surface area (Å²) in [7, 11) is -3.58. The van der Waals surface area contributed by atoms with Gasteiger partial charge in [-0.1, -0.05) is 34.1 Å². The summed E-state index contributed by atoms with van der Waals surface area (Å²) in [6, 6.07) is 11.3. The molecule has 122 valence electrons. The van der Waals surface area contributed by atoms with Crippen molar-refractivity contribution >= 4 is 37.5 Å². The highest BCUT2D eigenvalue weighted by molar-refractivity contribution is 9.10. The van der Waals surface area contributed by atoms with E-state index in [1.165, 1.54) is 6.07 Å². The molecule has 6 nitrogen and oxygen atoms in total. The van der Waals surface area contributed by atoms with Gasteiger partial charge in [0.05, 0.1) is 12.2 Å². The molecule has 0 aliphatic rings. The van der Waals surface area contributed by atoms with Gasteiger partial charge in [-0.15, -0.1) is 0 Å². The van der Waals surface area contributed by atoms with Crippen LogP contribution >= 0.6 is 15.9 Å². The molecule has 2 rings (SSSR count). The third-order valence-corrected chi connectivity index (χ3v) is 4.23. The standard InChI is InChI=1S/C15H15BrN2O4S/c16-12-4-3-11(14(19)8-12)7-15(20)18-13-5-1-10(2-6-13)9-23(17,21)22/h1-6,8,19H,7,9H2,(H,18,20)(H2,17,21,22). The van der Waals surface area contributed by atoms with Gasteiger partial charge in [0.2, 0.25) is 15.9 Å². The van der Waals surface area contributed by atoms with Gasteiger partial charge in [0.1, 0.15) is 5.75 Å². The molecule has 8 heteroatoms. The molecule has 0 spiro atoms. The molecule has 0 saturated carbocycles. The Kier molecular flexibility index (Phi) is 5.40. The molecule has 0 aliphatic heterocycles. The van der Waals surface area contributed by atoms with E-state index in [4.69, 9.17) is 5.14 Å². The van der Waals surface area contributed by atoms with Crippen LogP contribution in [0.4, 0.5) is 5.69 Å². The van der Waals surface area contributed by atoms with Gasteiger partial charge in [-0.05, 0) is 29.8 Å². The van der Waals surface area contributed by atoms with Crippen LogP contribution in [0.15, 0.2) is 46.9 Å². The van der Waals surface area contributed by atoms with Crippen molar-refractivity contribution in [1.82, 2.24) is 0 Å². The van der Waals surface area contributed by atoms with Crippen molar-refractivity contribution in [1.29, 1.82) is 0 Å². The van der Waals surface area contributed by atoms with E-state index in [9.17, 15) is 18.3 Å². The van der Waals surface area contributed by atoms with Gasteiger partial charge in [-0.25, -0.2) is 13.6 Å². The van der Waals surface area contributed by atoms with E-state index in [1.54, 1.807) is 36.4 Å². The quantitative estimate of drug-likeness (QED) is 0.716. The molecule has 4 N–H and O–H groups in total. The SMILES string of the molecule is NS(=O)(=O)Cc1ccc(NC(=O)Cc2ccc(Br)cc2O)cc1. The zero-order valence-electron chi connectivity index (χ0n) is 12.0. The summed E-state index contributed by atoms with van der Waals surface area (Å²) >= 11 is 3.23. The smallest absolute Gasteiger partial charge is 0.228 e. The number of carbonyl (C=O) groups excluding carboxylic acids is 1. The van der Waals surface area contributed by atoms with Crippen LogP contribution in [0.1, 0.15) is 11.1 Å². The van der Waals surface area contributed by atoms with Crippen LogP contribution in [-0.4, -0.2) is 19.4 Å². The number of amides is 1. The van der Waals surface area contributed by atoms with E-state index in [-0.39, 0.29) is 23.8 Å². The van der Waals surface area contributed by atoms with Gasteiger partial charge < -0.3 is 10.4 Å². The Morgan fingerprint density at radius 2 is 1.83 bits per heavy atom. The molecule has 23 heavy (non-hydrogen) atoms. The number of sulfonamides is 1. The molecule has 0 unspecified atom stereocenters. The first-order valence-electron chi connectivity index (χ1n) is 6.59. The van der Waals surface area contributed by atoms with Crippen molar-refractivity contribution in [3.8, 4) is 5.75 Å². The number of hydrogen-bond donors (Lipinski definition) is 3. The Labute approximate surface area is 142 Å². The lowest BCUT2D eigenvalue weighted by Crippen LogP contribution is -2.15. The number of phenolic OH excluding ortho intramolecular Hbond substituents is 1. The minimum atomic E-state index is -3.58. The molecule has 0 bridgehead atoms. The van der Waals surface area contributed by atoms with E-state index in [0.29, 0.717) is 16.8 Å². The summed E-state index contributed by atoms with van der Waals surface area (Å²) in [5.74, 6) is -0.506. The third kappa shape index (κ3) is 5.66. The molecule has 0 saturated heterocycles. The second-order valence-corrected chi connectivity index (χ2v) is 7.53. The van der Waals surface area contributed by atoms with E-state index < -0.39 is 10.0 Å². The molecule has 0 aliphatic carbocycles. The molecule has 0 fully saturated rings. The molecule has 0 atom stereocenters. The average molecular weight is 399 g/mol. The lowest BCUT2D eigenvalue weighted by atomic mass is 10.1. The number of rotatable bonds is 5. The number of nitrogens with one attached hydrogen (secondary N) is 1. The summed E-state index contributed by atoms with van der Waals surface area (Å²) < 4.78 is 22.7. The molecule has 2 aromatic rings. The van der Waals surface area contributed by atoms with Crippen molar-refractivity contribution in [2.24, 2.45) is 5.14 Å². The predicted molar refractivity (Wildman–Crippen MR) is 91.4 cm³/mol. The van der Waals surface area contributed by atoms with Gasteiger partial charge in [-0.2, -0.15) is 0 Å². The molecule has 2 aromatic carbocycles. The van der Waals surface area contributed by atoms with Crippen LogP contribution in [0.2, 0.25) is 0 Å². The van der Waals surface area contributed by atoms with Crippen LogP contribution < -0.4 is 10.5 Å². The molecule has 1 amide bonds. The van der Waals surface area contributed by atoms with Gasteiger partial charge in [0.25, 0.3) is 0 Å². The fourth-order valence-corrected chi connectivity index (χ4v) is 2.99. The van der Waals surface area contributed by atoms with Crippen molar-refractivity contribution < 1.29 is 18.3 Å². The van der Waals surface area contributed by atoms with Gasteiger partial charge in [0, 0.05) is 15.7 Å². The van der Waals surface area contributed by atoms with Crippen molar-refractivity contribution in [3.05, 3.63) is 58.1 Å². The normalized spacial score (nSPS) is 11.2. The number of benzene rings is 2. The number of aromatic hydroxyl groups is 1. The summed E-state index contributed by atoms with van der Waals surface area (Å²) in [4.78, 5) is 12.0. The molecule has 0 aromatic heterocycles. The minimum absolute atomic E-state index is 0.0258. The summed E-state index contributed by atoms with van der Waals surface area (Å²) in [6.07, 6.45) is 0.0258. The van der Waals surface area contributed by atoms with E-state index in [2.05, 4.69) is 21.2 Å². The Morgan fingerprint density at radius 3 is 2.39 bits per heavy atom. The Bertz CT molecular complexity index is 820. The summed E-state index contributed by atoms with van der Waals surface area (Å²) in [5, 5.41) is 17.4. The lowest BCUT2D eigenvalue weighted by Gasteiger charge is -2.08. The zero-order chi connectivity index (χ0) is 17.0. The summed E-state index contributed by atoms with van der Waals surface area (Å²) in [6.45, 7) is 0. The number of phenols is 1. The second kappa shape index (κ2) is 7.12. The Hall–Kier alpha value is -1.90. The van der Waals surface area contributed by atoms with Crippen LogP contribution in [0.25, 0.3) is 0 Å². The fourth-order valence-electron chi connectivity index (χ4n) is 1.98. The summed E-state index contributed by atoms with van der Waals surface area (Å²) in [5.41, 5.74) is 1.58. The number of anilines is 1. The van der Waals surface area contributed by atoms with Crippen LogP contribution in [0.5, 0.6) is 5.75 Å². The first-order chi connectivity index (χ1) is 10.7. The van der Waals surface area contributed by atoms with Crippen molar-refractivity contribution in [2.45, 2.75) is 12.2 Å². The lowest BCUT2D eigenvalue weighted by molar-refractivity contribution is -0.115. The maximum absolute atomic E-state index is 12.0. The second-order valence-electron chi connectivity index (χ2n) is 5.00. The highest BCUT2D eigenvalue weighted by atomic mass is 79.9. The molecular formula is C15H15BrN2O4S. The van der Waals surface area contributed by atoms with Gasteiger partial charge in [-0.3, -0.25) is 4.79 Å².